The summed E-state index contributed by atoms with van der Waals surface area (Å²) >= 11 is 0. The van der Waals surface area contributed by atoms with Gasteiger partial charge in [-0.2, -0.15) is 0 Å². The Hall–Kier alpha value is -2.03. The molecule has 0 aliphatic carbocycles. The number of nitrogens with one attached hydrogen (secondary N) is 2. The van der Waals surface area contributed by atoms with Crippen LogP contribution in [0.5, 0.6) is 0 Å². The van der Waals surface area contributed by atoms with Crippen molar-refractivity contribution in [1.29, 1.82) is 0 Å². The molecule has 27 heavy (non-hydrogen) atoms. The van der Waals surface area contributed by atoms with Crippen molar-refractivity contribution >= 4 is 40.9 Å². The minimum atomic E-state index is 0. The maximum Gasteiger partial charge on any atom is 0.191 e. The molecule has 0 spiro atoms. The average Bonchev–Trinajstić information content (AvgIpc) is 3.26. The highest BCUT2D eigenvalue weighted by atomic mass is 127. The minimum absolute atomic E-state index is 0. The highest BCUT2D eigenvalue weighted by Crippen LogP contribution is 2.23. The molecule has 0 fully saturated rings. The van der Waals surface area contributed by atoms with E-state index in [-0.39, 0.29) is 30.0 Å². The molecule has 2 aromatic heterocycles. The van der Waals surface area contributed by atoms with E-state index in [1.54, 1.807) is 7.05 Å². The van der Waals surface area contributed by atoms with Crippen LogP contribution in [0.2, 0.25) is 0 Å². The predicted octanol–water partition coefficient (Wildman–Crippen LogP) is 4.26. The van der Waals surface area contributed by atoms with Crippen molar-refractivity contribution in [3.8, 4) is 0 Å². The van der Waals surface area contributed by atoms with E-state index in [0.717, 1.165) is 54.4 Å². The van der Waals surface area contributed by atoms with Gasteiger partial charge in [-0.25, -0.2) is 4.98 Å². The zero-order valence-electron chi connectivity index (χ0n) is 16.1. The number of aromatic nitrogens is 2. The molecule has 2 heterocycles. The van der Waals surface area contributed by atoms with Gasteiger partial charge in [0, 0.05) is 37.9 Å². The molecule has 2 N–H and O–H groups in total. The number of imidazole rings is 1. The Labute approximate surface area is 177 Å². The summed E-state index contributed by atoms with van der Waals surface area (Å²) in [5.74, 6) is 2.76. The quantitative estimate of drug-likeness (QED) is 0.229. The zero-order valence-corrected chi connectivity index (χ0v) is 18.4. The lowest BCUT2D eigenvalue weighted by atomic mass is 10.2. The highest BCUT2D eigenvalue weighted by Gasteiger charge is 2.12. The number of furan rings is 1. The Balaban J connectivity index is 0.00000261. The lowest BCUT2D eigenvalue weighted by molar-refractivity contribution is 0.487. The fraction of sp³-hybridized carbons (Fsp3) is 0.400. The lowest BCUT2D eigenvalue weighted by Crippen LogP contribution is -2.39. The van der Waals surface area contributed by atoms with Crippen molar-refractivity contribution in [3.05, 3.63) is 54.3 Å². The molecule has 0 saturated heterocycles. The molecule has 146 valence electrons. The molecule has 0 aliphatic heterocycles. The number of fused-ring (bicyclic) bond motifs is 1. The molecule has 3 aromatic rings. The Morgan fingerprint density at radius 2 is 2.11 bits per heavy atom. The number of aliphatic imine (C=N–C) groups is 1. The van der Waals surface area contributed by atoms with E-state index >= 15 is 0 Å². The van der Waals surface area contributed by atoms with E-state index in [4.69, 9.17) is 4.42 Å². The number of unbranched alkanes of at least 4 members (excludes halogenated alkanes) is 1. The first-order valence-electron chi connectivity index (χ1n) is 9.11. The fourth-order valence-electron chi connectivity index (χ4n) is 2.94. The summed E-state index contributed by atoms with van der Waals surface area (Å²) < 4.78 is 8.09. The molecule has 6 nitrogen and oxygen atoms in total. The van der Waals surface area contributed by atoms with Crippen LogP contribution in [-0.2, 0) is 6.54 Å². The topological polar surface area (TPSA) is 67.4 Å². The molecule has 7 heteroatoms. The van der Waals surface area contributed by atoms with Crippen LogP contribution in [0, 0.1) is 6.92 Å². The second-order valence-electron chi connectivity index (χ2n) is 6.43. The molecule has 1 aromatic carbocycles. The SMILES string of the molecule is CN=C(NCCCCn1ccnc1C)NC(C)c1cc2ccccc2o1.I. The van der Waals surface area contributed by atoms with Crippen LogP contribution in [0.3, 0.4) is 0 Å². The van der Waals surface area contributed by atoms with Gasteiger partial charge >= 0.3 is 0 Å². The first kappa shape index (κ1) is 21.3. The number of guanidine groups is 1. The average molecular weight is 481 g/mol. The molecule has 3 rings (SSSR count). The monoisotopic (exact) mass is 481 g/mol. The first-order valence-corrected chi connectivity index (χ1v) is 9.11. The van der Waals surface area contributed by atoms with Crippen LogP contribution >= 0.6 is 24.0 Å². The maximum absolute atomic E-state index is 5.92. The van der Waals surface area contributed by atoms with Gasteiger partial charge < -0.3 is 19.6 Å². The van der Waals surface area contributed by atoms with Gasteiger partial charge in [0.05, 0.1) is 6.04 Å². The molecular weight excluding hydrogens is 453 g/mol. The normalized spacial score (nSPS) is 12.6. The van der Waals surface area contributed by atoms with Crippen LogP contribution in [0.25, 0.3) is 11.0 Å². The molecule has 0 saturated carbocycles. The third-order valence-electron chi connectivity index (χ3n) is 4.49. The molecule has 0 amide bonds. The van der Waals surface area contributed by atoms with Crippen LogP contribution in [0.15, 0.2) is 52.1 Å². The summed E-state index contributed by atoms with van der Waals surface area (Å²) in [5, 5.41) is 7.88. The maximum atomic E-state index is 5.92. The van der Waals surface area contributed by atoms with E-state index in [1.807, 2.05) is 37.5 Å². The second kappa shape index (κ2) is 10.3. The minimum Gasteiger partial charge on any atom is -0.459 e. The molecule has 1 unspecified atom stereocenters. The van der Waals surface area contributed by atoms with Gasteiger partial charge in [0.25, 0.3) is 0 Å². The van der Waals surface area contributed by atoms with Crippen LogP contribution < -0.4 is 10.6 Å². The number of hydrogen-bond donors (Lipinski definition) is 2. The fourth-order valence-corrected chi connectivity index (χ4v) is 2.94. The van der Waals surface area contributed by atoms with Crippen molar-refractivity contribution in [1.82, 2.24) is 20.2 Å². The highest BCUT2D eigenvalue weighted by molar-refractivity contribution is 14.0. The summed E-state index contributed by atoms with van der Waals surface area (Å²) in [6.07, 6.45) is 6.04. The summed E-state index contributed by atoms with van der Waals surface area (Å²) in [4.78, 5) is 8.55. The van der Waals surface area contributed by atoms with Crippen molar-refractivity contribution in [2.45, 2.75) is 39.3 Å². The Bertz CT molecular complexity index is 837. The smallest absolute Gasteiger partial charge is 0.191 e. The van der Waals surface area contributed by atoms with Crippen molar-refractivity contribution < 1.29 is 4.42 Å². The van der Waals surface area contributed by atoms with Crippen molar-refractivity contribution in [3.63, 3.8) is 0 Å². The van der Waals surface area contributed by atoms with Gasteiger partial charge in [0.1, 0.15) is 17.2 Å². The Morgan fingerprint density at radius 1 is 1.30 bits per heavy atom. The van der Waals surface area contributed by atoms with E-state index < -0.39 is 0 Å². The van der Waals surface area contributed by atoms with Crippen LogP contribution in [-0.4, -0.2) is 29.1 Å². The first-order chi connectivity index (χ1) is 12.7. The van der Waals surface area contributed by atoms with E-state index in [0.29, 0.717) is 0 Å². The number of para-hydroxylation sites is 1. The van der Waals surface area contributed by atoms with Gasteiger partial charge in [-0.05, 0) is 38.8 Å². The van der Waals surface area contributed by atoms with Gasteiger partial charge in [0.15, 0.2) is 5.96 Å². The number of benzene rings is 1. The van der Waals surface area contributed by atoms with Crippen LogP contribution in [0.1, 0.15) is 37.4 Å². The van der Waals surface area contributed by atoms with E-state index in [2.05, 4.69) is 44.2 Å². The summed E-state index contributed by atoms with van der Waals surface area (Å²) in [6, 6.07) is 10.2. The molecule has 0 aliphatic rings. The standard InChI is InChI=1S/C20H27N5O.HI/c1-15(19-14-17-8-4-5-9-18(17)26-19)24-20(21-3)23-10-6-7-12-25-13-11-22-16(25)2;/h4-5,8-9,11,13-15H,6-7,10,12H2,1-3H3,(H2,21,23,24);1H. The lowest BCUT2D eigenvalue weighted by Gasteiger charge is -2.16. The summed E-state index contributed by atoms with van der Waals surface area (Å²) in [5.41, 5.74) is 0.911. The molecular formula is C20H28IN5O. The summed E-state index contributed by atoms with van der Waals surface area (Å²) in [7, 11) is 1.79. The number of aryl methyl sites for hydroxylation is 2. The van der Waals surface area contributed by atoms with E-state index in [9.17, 15) is 0 Å². The van der Waals surface area contributed by atoms with Crippen LogP contribution in [0.4, 0.5) is 0 Å². The Morgan fingerprint density at radius 3 is 2.81 bits per heavy atom. The summed E-state index contributed by atoms with van der Waals surface area (Å²) in [6.45, 7) is 5.98. The zero-order chi connectivity index (χ0) is 18.4. The van der Waals surface area contributed by atoms with Crippen molar-refractivity contribution in [2.75, 3.05) is 13.6 Å². The second-order valence-corrected chi connectivity index (χ2v) is 6.43. The largest absolute Gasteiger partial charge is 0.459 e. The van der Waals surface area contributed by atoms with Gasteiger partial charge in [-0.1, -0.05) is 18.2 Å². The third kappa shape index (κ3) is 5.72. The number of nitrogens with zero attached hydrogens (tertiary/aromatic N) is 3. The van der Waals surface area contributed by atoms with E-state index in [1.165, 1.54) is 0 Å². The van der Waals surface area contributed by atoms with Gasteiger partial charge in [-0.15, -0.1) is 24.0 Å². The molecule has 1 atom stereocenters. The van der Waals surface area contributed by atoms with Gasteiger partial charge in [0.2, 0.25) is 0 Å². The third-order valence-corrected chi connectivity index (χ3v) is 4.49. The Kier molecular flexibility index (Phi) is 8.15. The van der Waals surface area contributed by atoms with Crippen molar-refractivity contribution in [2.24, 2.45) is 4.99 Å². The number of rotatable bonds is 7. The molecule has 0 bridgehead atoms. The van der Waals surface area contributed by atoms with Gasteiger partial charge in [-0.3, -0.25) is 4.99 Å². The number of halogens is 1. The molecule has 0 radical (unpaired) electrons. The predicted molar refractivity (Wildman–Crippen MR) is 121 cm³/mol. The number of hydrogen-bond acceptors (Lipinski definition) is 3.